The number of hydrogen-bond donors (Lipinski definition) is 2. The molecule has 3 rings (SSSR count). The van der Waals surface area contributed by atoms with Crippen LogP contribution in [0.2, 0.25) is 0 Å². The Hall–Kier alpha value is -2.29. The lowest BCUT2D eigenvalue weighted by molar-refractivity contribution is 0.501. The molecule has 7 heteroatoms. The number of aliphatic imine (C=N–C) groups is 1. The summed E-state index contributed by atoms with van der Waals surface area (Å²) in [6, 6.07) is 11.9. The van der Waals surface area contributed by atoms with Crippen molar-refractivity contribution < 1.29 is 8.83 Å². The maximum atomic E-state index is 5.57. The van der Waals surface area contributed by atoms with Crippen LogP contribution in [0.4, 0.5) is 0 Å². The van der Waals surface area contributed by atoms with E-state index in [0.29, 0.717) is 19.0 Å². The van der Waals surface area contributed by atoms with E-state index in [4.69, 9.17) is 8.83 Å². The van der Waals surface area contributed by atoms with Gasteiger partial charge in [-0.05, 0) is 31.2 Å². The van der Waals surface area contributed by atoms with Crippen LogP contribution in [-0.4, -0.2) is 24.5 Å². The molecule has 0 unspecified atom stereocenters. The van der Waals surface area contributed by atoms with E-state index in [2.05, 4.69) is 39.7 Å². The van der Waals surface area contributed by atoms with E-state index in [0.717, 1.165) is 29.4 Å². The number of nitrogens with zero attached hydrogens (tertiary/aromatic N) is 2. The number of hydrogen-bond acceptors (Lipinski definition) is 4. The van der Waals surface area contributed by atoms with Crippen molar-refractivity contribution in [3.8, 4) is 11.5 Å². The van der Waals surface area contributed by atoms with Gasteiger partial charge in [-0.25, -0.2) is 4.98 Å². The first-order valence-electron chi connectivity index (χ1n) is 8.23. The van der Waals surface area contributed by atoms with Crippen LogP contribution in [0.3, 0.4) is 0 Å². The van der Waals surface area contributed by atoms with Crippen molar-refractivity contribution in [2.45, 2.75) is 19.9 Å². The molecule has 0 radical (unpaired) electrons. The molecule has 1 aromatic carbocycles. The first-order chi connectivity index (χ1) is 12.2. The van der Waals surface area contributed by atoms with Crippen molar-refractivity contribution in [3.05, 3.63) is 65.9 Å². The number of aromatic nitrogens is 1. The maximum absolute atomic E-state index is 5.57. The number of halogens is 1. The third-order valence-corrected chi connectivity index (χ3v) is 3.76. The molecular weight excluding hydrogens is 443 g/mol. The SMILES string of the molecule is CN=C(NCCc1coc(-c2ccc(C)cc2)n1)NCc1ccco1.I. The van der Waals surface area contributed by atoms with Crippen molar-refractivity contribution >= 4 is 29.9 Å². The molecule has 6 nitrogen and oxygen atoms in total. The highest BCUT2D eigenvalue weighted by atomic mass is 127. The lowest BCUT2D eigenvalue weighted by Gasteiger charge is -2.09. The highest BCUT2D eigenvalue weighted by molar-refractivity contribution is 14.0. The highest BCUT2D eigenvalue weighted by Crippen LogP contribution is 2.19. The molecule has 0 aliphatic heterocycles. The molecule has 0 amide bonds. The number of rotatable bonds is 6. The van der Waals surface area contributed by atoms with Crippen molar-refractivity contribution in [1.29, 1.82) is 0 Å². The van der Waals surface area contributed by atoms with Crippen molar-refractivity contribution in [2.24, 2.45) is 4.99 Å². The summed E-state index contributed by atoms with van der Waals surface area (Å²) in [5, 5.41) is 6.45. The molecule has 3 aromatic rings. The summed E-state index contributed by atoms with van der Waals surface area (Å²) < 4.78 is 10.9. The summed E-state index contributed by atoms with van der Waals surface area (Å²) >= 11 is 0. The topological polar surface area (TPSA) is 75.6 Å². The number of nitrogens with one attached hydrogen (secondary N) is 2. The Morgan fingerprint density at radius 2 is 1.92 bits per heavy atom. The number of benzene rings is 1. The number of aryl methyl sites for hydroxylation is 1. The van der Waals surface area contributed by atoms with Gasteiger partial charge in [0, 0.05) is 25.6 Å². The molecule has 26 heavy (non-hydrogen) atoms. The Kier molecular flexibility index (Phi) is 7.71. The molecular formula is C19H23IN4O2. The zero-order chi connectivity index (χ0) is 17.5. The van der Waals surface area contributed by atoms with Gasteiger partial charge in [0.05, 0.1) is 18.5 Å². The Bertz CT molecular complexity index is 810. The van der Waals surface area contributed by atoms with Gasteiger partial charge in [-0.3, -0.25) is 4.99 Å². The first kappa shape index (κ1) is 20.0. The third kappa shape index (κ3) is 5.62. The normalized spacial score (nSPS) is 11.1. The molecule has 138 valence electrons. The van der Waals surface area contributed by atoms with E-state index >= 15 is 0 Å². The average Bonchev–Trinajstić information content (AvgIpc) is 3.30. The Morgan fingerprint density at radius 1 is 1.12 bits per heavy atom. The van der Waals surface area contributed by atoms with Gasteiger partial charge in [0.25, 0.3) is 0 Å². The quantitative estimate of drug-likeness (QED) is 0.329. The minimum atomic E-state index is 0. The molecule has 0 saturated heterocycles. The van der Waals surface area contributed by atoms with Crippen LogP contribution in [0.1, 0.15) is 17.0 Å². The molecule has 2 N–H and O–H groups in total. The Balaban J connectivity index is 0.00000243. The van der Waals surface area contributed by atoms with Crippen molar-refractivity contribution in [3.63, 3.8) is 0 Å². The minimum Gasteiger partial charge on any atom is -0.467 e. The summed E-state index contributed by atoms with van der Waals surface area (Å²) in [5.41, 5.74) is 3.11. The zero-order valence-electron chi connectivity index (χ0n) is 14.9. The van der Waals surface area contributed by atoms with Crippen LogP contribution < -0.4 is 10.6 Å². The molecule has 0 bridgehead atoms. The largest absolute Gasteiger partial charge is 0.467 e. The monoisotopic (exact) mass is 466 g/mol. The lowest BCUT2D eigenvalue weighted by Crippen LogP contribution is -2.37. The van der Waals surface area contributed by atoms with Gasteiger partial charge in [0.15, 0.2) is 5.96 Å². The number of furan rings is 1. The van der Waals surface area contributed by atoms with E-state index < -0.39 is 0 Å². The van der Waals surface area contributed by atoms with Gasteiger partial charge >= 0.3 is 0 Å². The smallest absolute Gasteiger partial charge is 0.226 e. The van der Waals surface area contributed by atoms with E-state index in [9.17, 15) is 0 Å². The zero-order valence-corrected chi connectivity index (χ0v) is 17.2. The second-order valence-corrected chi connectivity index (χ2v) is 5.69. The standard InChI is InChI=1S/C19H22N4O2.HI/c1-14-5-7-15(8-6-14)18-23-16(13-25-18)9-10-21-19(20-2)22-12-17-4-3-11-24-17;/h3-8,11,13H,9-10,12H2,1-2H3,(H2,20,21,22);1H. The molecule has 0 saturated carbocycles. The molecule has 0 atom stereocenters. The molecule has 0 spiro atoms. The molecule has 2 aromatic heterocycles. The predicted molar refractivity (Wildman–Crippen MR) is 113 cm³/mol. The van der Waals surface area contributed by atoms with E-state index in [1.165, 1.54) is 5.56 Å². The van der Waals surface area contributed by atoms with Crippen LogP contribution in [0.15, 0.2) is 62.8 Å². The third-order valence-electron chi connectivity index (χ3n) is 3.76. The van der Waals surface area contributed by atoms with Gasteiger partial charge in [0.2, 0.25) is 5.89 Å². The van der Waals surface area contributed by atoms with Gasteiger partial charge in [-0.2, -0.15) is 0 Å². The predicted octanol–water partition coefficient (Wildman–Crippen LogP) is 3.77. The molecule has 0 fully saturated rings. The summed E-state index contributed by atoms with van der Waals surface area (Å²) in [6.07, 6.45) is 4.11. The van der Waals surface area contributed by atoms with Crippen LogP contribution in [0, 0.1) is 6.92 Å². The van der Waals surface area contributed by atoms with E-state index in [1.807, 2.05) is 24.3 Å². The summed E-state index contributed by atoms with van der Waals surface area (Å²) in [7, 11) is 1.74. The highest BCUT2D eigenvalue weighted by Gasteiger charge is 2.07. The first-order valence-corrected chi connectivity index (χ1v) is 8.23. The fourth-order valence-corrected chi connectivity index (χ4v) is 2.36. The second-order valence-electron chi connectivity index (χ2n) is 5.69. The number of oxazole rings is 1. The fraction of sp³-hybridized carbons (Fsp3) is 0.263. The molecule has 0 aliphatic rings. The molecule has 0 aliphatic carbocycles. The van der Waals surface area contributed by atoms with Crippen LogP contribution in [0.5, 0.6) is 0 Å². The average molecular weight is 466 g/mol. The van der Waals surface area contributed by atoms with Gasteiger partial charge in [0.1, 0.15) is 12.0 Å². The number of guanidine groups is 1. The van der Waals surface area contributed by atoms with Crippen molar-refractivity contribution in [1.82, 2.24) is 15.6 Å². The van der Waals surface area contributed by atoms with Crippen molar-refractivity contribution in [2.75, 3.05) is 13.6 Å². The Morgan fingerprint density at radius 3 is 2.62 bits per heavy atom. The second kappa shape index (κ2) is 10.0. The van der Waals surface area contributed by atoms with Gasteiger partial charge < -0.3 is 19.5 Å². The lowest BCUT2D eigenvalue weighted by atomic mass is 10.1. The van der Waals surface area contributed by atoms with Gasteiger partial charge in [-0.15, -0.1) is 24.0 Å². The van der Waals surface area contributed by atoms with Crippen LogP contribution in [-0.2, 0) is 13.0 Å². The van der Waals surface area contributed by atoms with Crippen LogP contribution >= 0.6 is 24.0 Å². The maximum Gasteiger partial charge on any atom is 0.226 e. The van der Waals surface area contributed by atoms with Gasteiger partial charge in [-0.1, -0.05) is 17.7 Å². The summed E-state index contributed by atoms with van der Waals surface area (Å²) in [6.45, 7) is 3.36. The fourth-order valence-electron chi connectivity index (χ4n) is 2.36. The van der Waals surface area contributed by atoms with Crippen LogP contribution in [0.25, 0.3) is 11.5 Å². The summed E-state index contributed by atoms with van der Waals surface area (Å²) in [4.78, 5) is 8.73. The minimum absolute atomic E-state index is 0. The summed E-state index contributed by atoms with van der Waals surface area (Å²) in [5.74, 6) is 2.23. The van der Waals surface area contributed by atoms with E-state index in [-0.39, 0.29) is 24.0 Å². The molecule has 2 heterocycles. The van der Waals surface area contributed by atoms with E-state index in [1.54, 1.807) is 19.6 Å². The Labute approximate surface area is 170 Å².